The second-order valence-electron chi connectivity index (χ2n) is 7.31. The molecule has 2 aromatic rings. The van der Waals surface area contributed by atoms with E-state index in [9.17, 15) is 33.4 Å². The average Bonchev–Trinajstić information content (AvgIpc) is 3.13. The highest BCUT2D eigenvalue weighted by atomic mass is 32.2. The number of pyridine rings is 1. The zero-order valence-corrected chi connectivity index (χ0v) is 17.0. The SMILES string of the molecule is O=C(NCc1ccc(F)cc1F)c1cn2c(c(O)c1=O)C(=O)N1C(C2)SC[C@@H]1CCO. The van der Waals surface area contributed by atoms with Crippen molar-refractivity contribution in [3.63, 3.8) is 0 Å². The summed E-state index contributed by atoms with van der Waals surface area (Å²) < 4.78 is 28.2. The number of hydrogen-bond donors (Lipinski definition) is 3. The predicted molar refractivity (Wildman–Crippen MR) is 108 cm³/mol. The van der Waals surface area contributed by atoms with E-state index < -0.39 is 34.6 Å². The summed E-state index contributed by atoms with van der Waals surface area (Å²) >= 11 is 1.52. The molecule has 11 heteroatoms. The molecule has 2 amide bonds. The number of thioether (sulfide) groups is 1. The van der Waals surface area contributed by atoms with Gasteiger partial charge in [-0.1, -0.05) is 6.07 Å². The molecule has 0 bridgehead atoms. The van der Waals surface area contributed by atoms with Crippen LogP contribution in [0.2, 0.25) is 0 Å². The zero-order chi connectivity index (χ0) is 22.3. The smallest absolute Gasteiger partial charge is 0.275 e. The lowest BCUT2D eigenvalue weighted by atomic mass is 10.1. The van der Waals surface area contributed by atoms with Crippen LogP contribution in [0.1, 0.15) is 32.8 Å². The third-order valence-electron chi connectivity index (χ3n) is 5.39. The van der Waals surface area contributed by atoms with Crippen LogP contribution in [0.25, 0.3) is 0 Å². The molecular formula is C20H19F2N3O5S. The summed E-state index contributed by atoms with van der Waals surface area (Å²) in [6, 6.07) is 2.70. The van der Waals surface area contributed by atoms with Gasteiger partial charge in [0.15, 0.2) is 11.4 Å². The van der Waals surface area contributed by atoms with Gasteiger partial charge in [0.1, 0.15) is 17.2 Å². The molecular weight excluding hydrogens is 432 g/mol. The van der Waals surface area contributed by atoms with Crippen LogP contribution < -0.4 is 10.7 Å². The van der Waals surface area contributed by atoms with Gasteiger partial charge in [-0.3, -0.25) is 14.4 Å². The van der Waals surface area contributed by atoms with Crippen LogP contribution in [-0.2, 0) is 13.1 Å². The summed E-state index contributed by atoms with van der Waals surface area (Å²) in [4.78, 5) is 39.6. The van der Waals surface area contributed by atoms with Gasteiger partial charge < -0.3 is 25.0 Å². The first-order valence-corrected chi connectivity index (χ1v) is 10.6. The fraction of sp³-hybridized carbons (Fsp3) is 0.350. The number of amides is 2. The van der Waals surface area contributed by atoms with Crippen molar-refractivity contribution >= 4 is 23.6 Å². The first-order valence-electron chi connectivity index (χ1n) is 9.55. The van der Waals surface area contributed by atoms with Gasteiger partial charge in [0.05, 0.1) is 11.9 Å². The molecule has 2 atom stereocenters. The number of aromatic nitrogens is 1. The van der Waals surface area contributed by atoms with E-state index >= 15 is 0 Å². The Bertz CT molecular complexity index is 1120. The van der Waals surface area contributed by atoms with Crippen molar-refractivity contribution in [2.45, 2.75) is 30.9 Å². The lowest BCUT2D eigenvalue weighted by Crippen LogP contribution is -2.49. The molecule has 4 rings (SSSR count). The minimum atomic E-state index is -1.01. The van der Waals surface area contributed by atoms with E-state index in [0.717, 1.165) is 6.07 Å². The quantitative estimate of drug-likeness (QED) is 0.627. The molecule has 2 aliphatic heterocycles. The number of aliphatic hydroxyl groups is 1. The van der Waals surface area contributed by atoms with Gasteiger partial charge in [-0.15, -0.1) is 11.8 Å². The fourth-order valence-corrected chi connectivity index (χ4v) is 5.30. The van der Waals surface area contributed by atoms with E-state index in [1.165, 1.54) is 28.6 Å². The van der Waals surface area contributed by atoms with E-state index in [4.69, 9.17) is 0 Å². The molecule has 1 aromatic carbocycles. The molecule has 8 nitrogen and oxygen atoms in total. The van der Waals surface area contributed by atoms with Crippen LogP contribution in [0.4, 0.5) is 8.78 Å². The van der Waals surface area contributed by atoms with Crippen molar-refractivity contribution in [2.75, 3.05) is 12.4 Å². The summed E-state index contributed by atoms with van der Waals surface area (Å²) in [5.41, 5.74) is -1.58. The number of carbonyl (C=O) groups is 2. The van der Waals surface area contributed by atoms with Crippen LogP contribution in [0.15, 0.2) is 29.2 Å². The minimum Gasteiger partial charge on any atom is -0.503 e. The first kappa shape index (κ1) is 21.3. The molecule has 0 aliphatic carbocycles. The summed E-state index contributed by atoms with van der Waals surface area (Å²) in [5, 5.41) is 21.8. The standard InChI is InChI=1S/C20H19F2N3O5S/c21-11-2-1-10(14(22)5-11)6-23-19(29)13-7-24-8-15-25(12(3-4-26)9-31-15)20(30)16(24)18(28)17(13)27/h1-2,5,7,12,15,26,28H,3-4,6,8-9H2,(H,23,29)/t12-,15?/m0/s1. The van der Waals surface area contributed by atoms with Crippen molar-refractivity contribution < 1.29 is 28.6 Å². The number of carbonyl (C=O) groups excluding carboxylic acids is 2. The number of fused-ring (bicyclic) bond motifs is 2. The van der Waals surface area contributed by atoms with Gasteiger partial charge >= 0.3 is 0 Å². The maximum atomic E-state index is 13.8. The van der Waals surface area contributed by atoms with Crippen molar-refractivity contribution in [2.24, 2.45) is 0 Å². The monoisotopic (exact) mass is 451 g/mol. The maximum Gasteiger partial charge on any atom is 0.275 e. The normalized spacial score (nSPS) is 19.8. The number of nitrogens with one attached hydrogen (secondary N) is 1. The van der Waals surface area contributed by atoms with E-state index in [2.05, 4.69) is 5.32 Å². The fourth-order valence-electron chi connectivity index (χ4n) is 3.83. The Hall–Kier alpha value is -2.92. The Balaban J connectivity index is 1.60. The Morgan fingerprint density at radius 3 is 2.77 bits per heavy atom. The minimum absolute atomic E-state index is 0.0279. The largest absolute Gasteiger partial charge is 0.503 e. The molecule has 1 fully saturated rings. The van der Waals surface area contributed by atoms with Crippen LogP contribution in [0, 0.1) is 11.6 Å². The van der Waals surface area contributed by atoms with Gasteiger partial charge in [0.25, 0.3) is 11.8 Å². The highest BCUT2D eigenvalue weighted by Crippen LogP contribution is 2.37. The Labute approximate surface area is 179 Å². The van der Waals surface area contributed by atoms with Crippen molar-refractivity contribution in [3.05, 3.63) is 63.1 Å². The highest BCUT2D eigenvalue weighted by Gasteiger charge is 2.43. The van der Waals surface area contributed by atoms with E-state index in [0.29, 0.717) is 18.2 Å². The molecule has 2 aliphatic rings. The average molecular weight is 451 g/mol. The predicted octanol–water partition coefficient (Wildman–Crippen LogP) is 1.04. The molecule has 3 heterocycles. The number of hydrogen-bond acceptors (Lipinski definition) is 6. The van der Waals surface area contributed by atoms with E-state index in [1.807, 2.05) is 0 Å². The van der Waals surface area contributed by atoms with Gasteiger partial charge in [-0.25, -0.2) is 8.78 Å². The molecule has 3 N–H and O–H groups in total. The third-order valence-corrected chi connectivity index (χ3v) is 6.73. The number of rotatable bonds is 5. The van der Waals surface area contributed by atoms with Gasteiger partial charge in [0, 0.05) is 42.8 Å². The first-order chi connectivity index (χ1) is 14.8. The lowest BCUT2D eigenvalue weighted by molar-refractivity contribution is 0.0594. The van der Waals surface area contributed by atoms with Crippen molar-refractivity contribution in [1.29, 1.82) is 0 Å². The van der Waals surface area contributed by atoms with Crippen LogP contribution in [0.5, 0.6) is 5.75 Å². The van der Waals surface area contributed by atoms with E-state index in [-0.39, 0.29) is 47.9 Å². The van der Waals surface area contributed by atoms with E-state index in [1.54, 1.807) is 4.90 Å². The molecule has 164 valence electrons. The number of aliphatic hydroxyl groups excluding tert-OH is 1. The Kier molecular flexibility index (Phi) is 5.71. The number of nitrogens with zero attached hydrogens (tertiary/aromatic N) is 2. The number of halogens is 2. The molecule has 1 aromatic heterocycles. The Morgan fingerprint density at radius 1 is 1.29 bits per heavy atom. The third kappa shape index (κ3) is 3.79. The molecule has 1 saturated heterocycles. The molecule has 1 unspecified atom stereocenters. The second kappa shape index (κ2) is 8.31. The molecule has 0 radical (unpaired) electrons. The molecule has 0 spiro atoms. The summed E-state index contributed by atoms with van der Waals surface area (Å²) in [5.74, 6) is -3.20. The van der Waals surface area contributed by atoms with Crippen molar-refractivity contribution in [3.8, 4) is 5.75 Å². The van der Waals surface area contributed by atoms with Gasteiger partial charge in [0.2, 0.25) is 5.43 Å². The maximum absolute atomic E-state index is 13.8. The summed E-state index contributed by atoms with van der Waals surface area (Å²) in [6.07, 6.45) is 1.60. The molecule has 31 heavy (non-hydrogen) atoms. The highest BCUT2D eigenvalue weighted by molar-refractivity contribution is 8.00. The van der Waals surface area contributed by atoms with Crippen LogP contribution in [-0.4, -0.2) is 55.3 Å². The summed E-state index contributed by atoms with van der Waals surface area (Å²) in [7, 11) is 0. The van der Waals surface area contributed by atoms with Crippen molar-refractivity contribution in [1.82, 2.24) is 14.8 Å². The van der Waals surface area contributed by atoms with Gasteiger partial charge in [-0.05, 0) is 12.5 Å². The zero-order valence-electron chi connectivity index (χ0n) is 16.2. The molecule has 0 saturated carbocycles. The number of aromatic hydroxyl groups is 1. The van der Waals surface area contributed by atoms with Crippen LogP contribution in [0.3, 0.4) is 0 Å². The van der Waals surface area contributed by atoms with Gasteiger partial charge in [-0.2, -0.15) is 0 Å². The lowest BCUT2D eigenvalue weighted by Gasteiger charge is -2.35. The Morgan fingerprint density at radius 2 is 2.06 bits per heavy atom. The summed E-state index contributed by atoms with van der Waals surface area (Å²) in [6.45, 7) is -0.121. The number of benzene rings is 1. The van der Waals surface area contributed by atoms with Crippen LogP contribution >= 0.6 is 11.8 Å². The topological polar surface area (TPSA) is 112 Å². The second-order valence-corrected chi connectivity index (χ2v) is 8.52.